The largest absolute Gasteiger partial charge is 0.478 e. The topological polar surface area (TPSA) is 50.2 Å². The molecule has 1 heterocycles. The average Bonchev–Trinajstić information content (AvgIpc) is 2.19. The fourth-order valence-electron chi connectivity index (χ4n) is 1.73. The molecule has 0 saturated heterocycles. The lowest BCUT2D eigenvalue weighted by Gasteiger charge is -2.08. The molecule has 2 aromatic rings. The van der Waals surface area contributed by atoms with Gasteiger partial charge in [0.05, 0.1) is 11.1 Å². The Morgan fingerprint density at radius 1 is 1.38 bits per heavy atom. The molecular formula is C12H10BrNO2. The maximum atomic E-state index is 11.2. The van der Waals surface area contributed by atoms with Gasteiger partial charge >= 0.3 is 5.97 Å². The quantitative estimate of drug-likeness (QED) is 0.871. The number of hydrogen-bond donors (Lipinski definition) is 1. The minimum absolute atomic E-state index is 0.343. The summed E-state index contributed by atoms with van der Waals surface area (Å²) in [4.78, 5) is 15.6. The fourth-order valence-corrected chi connectivity index (χ4v) is 2.08. The van der Waals surface area contributed by atoms with Gasteiger partial charge in [0.15, 0.2) is 0 Å². The van der Waals surface area contributed by atoms with Gasteiger partial charge in [-0.15, -0.1) is 0 Å². The van der Waals surface area contributed by atoms with Crippen molar-refractivity contribution in [3.8, 4) is 0 Å². The Hall–Kier alpha value is -1.42. The third-order valence-electron chi connectivity index (χ3n) is 2.65. The first-order chi connectivity index (χ1) is 7.50. The lowest BCUT2D eigenvalue weighted by molar-refractivity contribution is 0.0698. The summed E-state index contributed by atoms with van der Waals surface area (Å²) in [6.45, 7) is 3.61. The number of carbonyl (C=O) groups is 1. The van der Waals surface area contributed by atoms with Crippen molar-refractivity contribution in [3.05, 3.63) is 39.5 Å². The molecule has 16 heavy (non-hydrogen) atoms. The number of fused-ring (bicyclic) bond motifs is 1. The van der Waals surface area contributed by atoms with Gasteiger partial charge in [-0.1, -0.05) is 22.0 Å². The fraction of sp³-hybridized carbons (Fsp3) is 0.167. The maximum absolute atomic E-state index is 11.2. The van der Waals surface area contributed by atoms with Crippen molar-refractivity contribution in [3.63, 3.8) is 0 Å². The number of carboxylic acid groups (broad SMARTS) is 1. The maximum Gasteiger partial charge on any atom is 0.336 e. The smallest absolute Gasteiger partial charge is 0.336 e. The van der Waals surface area contributed by atoms with Gasteiger partial charge in [0, 0.05) is 15.6 Å². The lowest BCUT2D eigenvalue weighted by atomic mass is 10.0. The number of carboxylic acids is 1. The van der Waals surface area contributed by atoms with E-state index in [0.717, 1.165) is 15.7 Å². The number of hydrogen-bond acceptors (Lipinski definition) is 2. The van der Waals surface area contributed by atoms with Gasteiger partial charge in [0.1, 0.15) is 0 Å². The standard InChI is InChI=1S/C12H10BrNO2/c1-6-7(2)14-10-5-8(13)3-4-9(10)11(6)12(15)16/h3-5H,1-2H3,(H,15,16). The molecule has 1 N–H and O–H groups in total. The van der Waals surface area contributed by atoms with Crippen LogP contribution in [-0.4, -0.2) is 16.1 Å². The molecular weight excluding hydrogens is 270 g/mol. The van der Waals surface area contributed by atoms with Crippen LogP contribution in [0.25, 0.3) is 10.9 Å². The summed E-state index contributed by atoms with van der Waals surface area (Å²) >= 11 is 3.35. The zero-order valence-electron chi connectivity index (χ0n) is 8.91. The number of rotatable bonds is 1. The Morgan fingerprint density at radius 3 is 2.69 bits per heavy atom. The molecule has 0 aliphatic heterocycles. The van der Waals surface area contributed by atoms with Crippen molar-refractivity contribution in [2.24, 2.45) is 0 Å². The predicted molar refractivity (Wildman–Crippen MR) is 65.9 cm³/mol. The number of nitrogens with zero attached hydrogens (tertiary/aromatic N) is 1. The van der Waals surface area contributed by atoms with E-state index in [0.29, 0.717) is 16.5 Å². The summed E-state index contributed by atoms with van der Waals surface area (Å²) in [5, 5.41) is 9.90. The van der Waals surface area contributed by atoms with E-state index in [2.05, 4.69) is 20.9 Å². The van der Waals surface area contributed by atoms with Crippen molar-refractivity contribution in [2.45, 2.75) is 13.8 Å². The molecule has 2 rings (SSSR count). The van der Waals surface area contributed by atoms with E-state index < -0.39 is 5.97 Å². The molecule has 82 valence electrons. The van der Waals surface area contributed by atoms with Gasteiger partial charge in [-0.3, -0.25) is 4.98 Å². The normalized spacial score (nSPS) is 10.7. The van der Waals surface area contributed by atoms with Crippen LogP contribution in [0.5, 0.6) is 0 Å². The summed E-state index contributed by atoms with van der Waals surface area (Å²) < 4.78 is 0.895. The minimum atomic E-state index is -0.907. The Bertz CT molecular complexity index is 593. The van der Waals surface area contributed by atoms with Crippen LogP contribution in [0.15, 0.2) is 22.7 Å². The van der Waals surface area contributed by atoms with Crippen LogP contribution in [0.2, 0.25) is 0 Å². The lowest BCUT2D eigenvalue weighted by Crippen LogP contribution is -2.04. The SMILES string of the molecule is Cc1nc2cc(Br)ccc2c(C(=O)O)c1C. The molecule has 0 atom stereocenters. The van der Waals surface area contributed by atoms with E-state index in [4.69, 9.17) is 0 Å². The van der Waals surface area contributed by atoms with Crippen LogP contribution < -0.4 is 0 Å². The second kappa shape index (κ2) is 3.87. The van der Waals surface area contributed by atoms with Crippen molar-refractivity contribution in [1.29, 1.82) is 0 Å². The number of aryl methyl sites for hydroxylation is 1. The van der Waals surface area contributed by atoms with Crippen molar-refractivity contribution < 1.29 is 9.90 Å². The van der Waals surface area contributed by atoms with Crippen molar-refractivity contribution in [1.82, 2.24) is 4.98 Å². The summed E-state index contributed by atoms with van der Waals surface area (Å²) in [7, 11) is 0. The first kappa shape index (κ1) is 11.1. The zero-order chi connectivity index (χ0) is 11.9. The minimum Gasteiger partial charge on any atom is -0.478 e. The van der Waals surface area contributed by atoms with Gasteiger partial charge in [-0.2, -0.15) is 0 Å². The van der Waals surface area contributed by atoms with E-state index in [9.17, 15) is 9.90 Å². The zero-order valence-corrected chi connectivity index (χ0v) is 10.5. The number of halogens is 1. The van der Waals surface area contributed by atoms with E-state index >= 15 is 0 Å². The van der Waals surface area contributed by atoms with Crippen LogP contribution >= 0.6 is 15.9 Å². The molecule has 1 aromatic heterocycles. The highest BCUT2D eigenvalue weighted by molar-refractivity contribution is 9.10. The van der Waals surface area contributed by atoms with Gasteiger partial charge in [-0.25, -0.2) is 4.79 Å². The highest BCUT2D eigenvalue weighted by Gasteiger charge is 2.15. The number of pyridine rings is 1. The average molecular weight is 280 g/mol. The Morgan fingerprint density at radius 2 is 2.06 bits per heavy atom. The molecule has 0 aliphatic carbocycles. The molecule has 0 aliphatic rings. The molecule has 0 radical (unpaired) electrons. The summed E-state index contributed by atoms with van der Waals surface area (Å²) in [5.74, 6) is -0.907. The number of aromatic nitrogens is 1. The predicted octanol–water partition coefficient (Wildman–Crippen LogP) is 3.31. The summed E-state index contributed by atoms with van der Waals surface area (Å²) in [6, 6.07) is 5.43. The highest BCUT2D eigenvalue weighted by Crippen LogP contribution is 2.25. The van der Waals surface area contributed by atoms with E-state index in [-0.39, 0.29) is 0 Å². The molecule has 0 saturated carbocycles. The highest BCUT2D eigenvalue weighted by atomic mass is 79.9. The monoisotopic (exact) mass is 279 g/mol. The molecule has 1 aromatic carbocycles. The van der Waals surface area contributed by atoms with Gasteiger partial charge in [0.25, 0.3) is 0 Å². The van der Waals surface area contributed by atoms with Crippen LogP contribution in [0.1, 0.15) is 21.6 Å². The summed E-state index contributed by atoms with van der Waals surface area (Å²) in [5.41, 5.74) is 2.52. The Kier molecular flexibility index (Phi) is 2.68. The van der Waals surface area contributed by atoms with Crippen LogP contribution in [0.3, 0.4) is 0 Å². The van der Waals surface area contributed by atoms with E-state index in [1.54, 1.807) is 13.0 Å². The van der Waals surface area contributed by atoms with Crippen LogP contribution in [0, 0.1) is 13.8 Å². The number of benzene rings is 1. The molecule has 3 nitrogen and oxygen atoms in total. The van der Waals surface area contributed by atoms with E-state index in [1.165, 1.54) is 0 Å². The molecule has 0 unspecified atom stereocenters. The van der Waals surface area contributed by atoms with E-state index in [1.807, 2.05) is 19.1 Å². The molecule has 0 spiro atoms. The summed E-state index contributed by atoms with van der Waals surface area (Å²) in [6.07, 6.45) is 0. The molecule has 0 bridgehead atoms. The van der Waals surface area contributed by atoms with Crippen molar-refractivity contribution >= 4 is 32.8 Å². The first-order valence-corrected chi connectivity index (χ1v) is 5.59. The van der Waals surface area contributed by atoms with Gasteiger partial charge in [-0.05, 0) is 31.5 Å². The molecule has 4 heteroatoms. The third kappa shape index (κ3) is 1.69. The van der Waals surface area contributed by atoms with Gasteiger partial charge in [0.2, 0.25) is 0 Å². The second-order valence-corrected chi connectivity index (χ2v) is 4.58. The Labute approximate surface area is 101 Å². The number of aromatic carboxylic acids is 1. The first-order valence-electron chi connectivity index (χ1n) is 4.80. The second-order valence-electron chi connectivity index (χ2n) is 3.66. The van der Waals surface area contributed by atoms with Crippen LogP contribution in [-0.2, 0) is 0 Å². The van der Waals surface area contributed by atoms with Crippen LogP contribution in [0.4, 0.5) is 0 Å². The van der Waals surface area contributed by atoms with Gasteiger partial charge < -0.3 is 5.11 Å². The molecule has 0 fully saturated rings. The molecule has 0 amide bonds. The Balaban J connectivity index is 2.94. The van der Waals surface area contributed by atoms with Crippen molar-refractivity contribution in [2.75, 3.05) is 0 Å². The third-order valence-corrected chi connectivity index (χ3v) is 3.14.